The number of nitrogens with two attached hydrogens (primary N) is 1. The molecule has 3 nitrogen and oxygen atoms in total. The zero-order valence-electron chi connectivity index (χ0n) is 6.45. The summed E-state index contributed by atoms with van der Waals surface area (Å²) in [6.07, 6.45) is 3.79. The number of benzene rings is 1. The van der Waals surface area contributed by atoms with Crippen LogP contribution in [0.15, 0.2) is 18.2 Å². The Morgan fingerprint density at radius 2 is 2.25 bits per heavy atom. The number of hydrogen-bond acceptors (Lipinski definition) is 3. The third-order valence-corrected chi connectivity index (χ3v) is 1.81. The van der Waals surface area contributed by atoms with Gasteiger partial charge in [0.15, 0.2) is 11.5 Å². The number of nitrogen functional groups attached to an aromatic ring is 1. The van der Waals surface area contributed by atoms with Crippen LogP contribution in [0.4, 0.5) is 5.69 Å². The molecule has 12 heavy (non-hydrogen) atoms. The van der Waals surface area contributed by atoms with Gasteiger partial charge in [-0.3, -0.25) is 0 Å². The highest BCUT2D eigenvalue weighted by atomic mass is 16.5. The smallest absolute Gasteiger partial charge is 0.181 e. The van der Waals surface area contributed by atoms with Crippen LogP contribution >= 0.6 is 0 Å². The summed E-state index contributed by atoms with van der Waals surface area (Å²) < 4.78 is 5.22. The molecule has 1 aliphatic rings. The molecule has 0 radical (unpaired) electrons. The lowest BCUT2D eigenvalue weighted by Gasteiger charge is -2.14. The van der Waals surface area contributed by atoms with Gasteiger partial charge in [0, 0.05) is 5.56 Å². The molecule has 1 aromatic carbocycles. The summed E-state index contributed by atoms with van der Waals surface area (Å²) in [6.45, 7) is 0.490. The van der Waals surface area contributed by atoms with E-state index in [9.17, 15) is 5.11 Å². The van der Waals surface area contributed by atoms with Gasteiger partial charge in [0.25, 0.3) is 0 Å². The predicted molar refractivity (Wildman–Crippen MR) is 47.0 cm³/mol. The van der Waals surface area contributed by atoms with E-state index in [0.29, 0.717) is 18.0 Å². The van der Waals surface area contributed by atoms with Crippen LogP contribution in [0, 0.1) is 0 Å². The van der Waals surface area contributed by atoms with Crippen molar-refractivity contribution in [2.45, 2.75) is 0 Å². The van der Waals surface area contributed by atoms with E-state index in [1.54, 1.807) is 6.07 Å². The third-order valence-electron chi connectivity index (χ3n) is 1.81. The van der Waals surface area contributed by atoms with Crippen molar-refractivity contribution in [3.8, 4) is 11.5 Å². The Kier molecular flexibility index (Phi) is 1.43. The van der Waals surface area contributed by atoms with E-state index >= 15 is 0 Å². The maximum Gasteiger partial charge on any atom is 0.181 e. The Balaban J connectivity index is 2.63. The van der Waals surface area contributed by atoms with Crippen molar-refractivity contribution in [3.63, 3.8) is 0 Å². The molecule has 3 heteroatoms. The fourth-order valence-corrected chi connectivity index (χ4v) is 1.19. The second-order valence-corrected chi connectivity index (χ2v) is 2.64. The highest BCUT2D eigenvalue weighted by Crippen LogP contribution is 2.37. The van der Waals surface area contributed by atoms with Crippen molar-refractivity contribution >= 4 is 11.8 Å². The lowest BCUT2D eigenvalue weighted by molar-refractivity contribution is 0.333. The molecule has 1 heterocycles. The van der Waals surface area contributed by atoms with E-state index in [1.165, 1.54) is 0 Å². The molecule has 0 spiro atoms. The highest BCUT2D eigenvalue weighted by molar-refractivity contribution is 5.71. The van der Waals surface area contributed by atoms with E-state index in [2.05, 4.69) is 0 Å². The molecular formula is C9H9NO2. The van der Waals surface area contributed by atoms with Crippen LogP contribution in [-0.2, 0) is 0 Å². The standard InChI is InChI=1S/C9H9NO2/c10-7-4-3-6-2-1-5-12-9(6)8(7)11/h1-4,11H,5,10H2. The summed E-state index contributed by atoms with van der Waals surface area (Å²) >= 11 is 0. The van der Waals surface area contributed by atoms with Gasteiger partial charge >= 0.3 is 0 Å². The number of hydrogen-bond donors (Lipinski definition) is 2. The number of phenolic OH excluding ortho intramolecular Hbond substituents is 1. The normalized spacial score (nSPS) is 13.7. The molecule has 0 aliphatic carbocycles. The van der Waals surface area contributed by atoms with Crippen LogP contribution in [0.25, 0.3) is 6.08 Å². The topological polar surface area (TPSA) is 55.5 Å². The second kappa shape index (κ2) is 2.44. The quantitative estimate of drug-likeness (QED) is 0.448. The van der Waals surface area contributed by atoms with Gasteiger partial charge in [0.05, 0.1) is 5.69 Å². The van der Waals surface area contributed by atoms with Crippen molar-refractivity contribution in [2.75, 3.05) is 12.3 Å². The molecule has 0 fully saturated rings. The van der Waals surface area contributed by atoms with Gasteiger partial charge in [-0.2, -0.15) is 0 Å². The molecule has 0 aromatic heterocycles. The van der Waals surface area contributed by atoms with E-state index in [4.69, 9.17) is 10.5 Å². The van der Waals surface area contributed by atoms with Gasteiger partial charge in [-0.15, -0.1) is 0 Å². The lowest BCUT2D eigenvalue weighted by atomic mass is 10.1. The largest absolute Gasteiger partial charge is 0.503 e. The number of phenols is 1. The Labute approximate surface area is 70.1 Å². The first-order chi connectivity index (χ1) is 5.79. The van der Waals surface area contributed by atoms with Crippen LogP contribution in [-0.4, -0.2) is 11.7 Å². The van der Waals surface area contributed by atoms with Crippen LogP contribution in [0.2, 0.25) is 0 Å². The molecule has 0 saturated heterocycles. The van der Waals surface area contributed by atoms with Crippen molar-refractivity contribution in [1.82, 2.24) is 0 Å². The van der Waals surface area contributed by atoms with Gasteiger partial charge in [-0.1, -0.05) is 6.08 Å². The lowest BCUT2D eigenvalue weighted by Crippen LogP contribution is -2.01. The highest BCUT2D eigenvalue weighted by Gasteiger charge is 2.12. The molecular weight excluding hydrogens is 154 g/mol. The average molecular weight is 163 g/mol. The molecule has 0 unspecified atom stereocenters. The predicted octanol–water partition coefficient (Wildman–Crippen LogP) is 1.38. The Bertz CT molecular complexity index is 345. The third kappa shape index (κ3) is 0.906. The van der Waals surface area contributed by atoms with Crippen molar-refractivity contribution in [2.24, 2.45) is 0 Å². The zero-order valence-corrected chi connectivity index (χ0v) is 6.45. The van der Waals surface area contributed by atoms with E-state index in [-0.39, 0.29) is 5.75 Å². The van der Waals surface area contributed by atoms with Crippen molar-refractivity contribution in [3.05, 3.63) is 23.8 Å². The van der Waals surface area contributed by atoms with E-state index in [0.717, 1.165) is 5.56 Å². The van der Waals surface area contributed by atoms with Crippen LogP contribution in [0.5, 0.6) is 11.5 Å². The number of fused-ring (bicyclic) bond motifs is 1. The molecule has 1 aliphatic heterocycles. The molecule has 0 amide bonds. The SMILES string of the molecule is Nc1ccc2c(c1O)OCC=C2. The molecule has 0 saturated carbocycles. The molecule has 62 valence electrons. The Morgan fingerprint density at radius 1 is 1.42 bits per heavy atom. The average Bonchev–Trinajstić information content (AvgIpc) is 2.12. The second-order valence-electron chi connectivity index (χ2n) is 2.64. The van der Waals surface area contributed by atoms with Crippen molar-refractivity contribution in [1.29, 1.82) is 0 Å². The van der Waals surface area contributed by atoms with Crippen molar-refractivity contribution < 1.29 is 9.84 Å². The number of ether oxygens (including phenoxy) is 1. The van der Waals surface area contributed by atoms with Crippen LogP contribution in [0.1, 0.15) is 5.56 Å². The zero-order chi connectivity index (χ0) is 8.55. The maximum absolute atomic E-state index is 9.46. The fraction of sp³-hybridized carbons (Fsp3) is 0.111. The maximum atomic E-state index is 9.46. The Hall–Kier alpha value is -1.64. The molecule has 0 bridgehead atoms. The summed E-state index contributed by atoms with van der Waals surface area (Å²) in [5, 5.41) is 9.46. The molecule has 0 atom stereocenters. The summed E-state index contributed by atoms with van der Waals surface area (Å²) in [4.78, 5) is 0. The summed E-state index contributed by atoms with van der Waals surface area (Å²) in [6, 6.07) is 3.48. The number of rotatable bonds is 0. The summed E-state index contributed by atoms with van der Waals surface area (Å²) in [5.41, 5.74) is 6.71. The first-order valence-electron chi connectivity index (χ1n) is 3.70. The number of anilines is 1. The monoisotopic (exact) mass is 163 g/mol. The first-order valence-corrected chi connectivity index (χ1v) is 3.70. The molecule has 2 rings (SSSR count). The van der Waals surface area contributed by atoms with Crippen LogP contribution in [0.3, 0.4) is 0 Å². The minimum absolute atomic E-state index is 0.0388. The Morgan fingerprint density at radius 3 is 3.08 bits per heavy atom. The summed E-state index contributed by atoms with van der Waals surface area (Å²) in [7, 11) is 0. The van der Waals surface area contributed by atoms with Gasteiger partial charge in [0.1, 0.15) is 6.61 Å². The summed E-state index contributed by atoms with van der Waals surface area (Å²) in [5.74, 6) is 0.523. The number of aromatic hydroxyl groups is 1. The van der Waals surface area contributed by atoms with Gasteiger partial charge in [0.2, 0.25) is 0 Å². The molecule has 3 N–H and O–H groups in total. The minimum atomic E-state index is 0.0388. The molecule has 1 aromatic rings. The first kappa shape index (κ1) is 7.03. The van der Waals surface area contributed by atoms with Gasteiger partial charge in [-0.25, -0.2) is 0 Å². The van der Waals surface area contributed by atoms with Gasteiger partial charge < -0.3 is 15.6 Å². The fourth-order valence-electron chi connectivity index (χ4n) is 1.19. The minimum Gasteiger partial charge on any atom is -0.503 e. The van der Waals surface area contributed by atoms with E-state index in [1.807, 2.05) is 18.2 Å². The van der Waals surface area contributed by atoms with E-state index < -0.39 is 0 Å². The van der Waals surface area contributed by atoms with Crippen LogP contribution < -0.4 is 10.5 Å². The van der Waals surface area contributed by atoms with Gasteiger partial charge in [-0.05, 0) is 18.2 Å².